The standard InChI is InChI=1S/C15H19F3N2O5S/c1-10(2)13(20-26(23,24)11-6-4-3-5-7-11)14(22)25-8-12(21)19-9-15(16,17)18/h3-7,10,13,20H,8-9H2,1-2H3,(H,19,21)/t13-/m0/s1. The number of hydrogen-bond donors (Lipinski definition) is 2. The molecule has 1 aromatic rings. The first-order valence-corrected chi connectivity index (χ1v) is 8.98. The predicted octanol–water partition coefficient (Wildman–Crippen LogP) is 1.21. The normalized spacial score (nSPS) is 13.3. The van der Waals surface area contributed by atoms with Gasteiger partial charge in [-0.15, -0.1) is 0 Å². The fraction of sp³-hybridized carbons (Fsp3) is 0.467. The average Bonchev–Trinajstić information content (AvgIpc) is 2.55. The zero-order chi connectivity index (χ0) is 20.0. The third-order valence-electron chi connectivity index (χ3n) is 3.09. The third kappa shape index (κ3) is 7.40. The van der Waals surface area contributed by atoms with Gasteiger partial charge in [-0.3, -0.25) is 9.59 Å². The summed E-state index contributed by atoms with van der Waals surface area (Å²) in [5.74, 6) is -2.75. The zero-order valence-corrected chi connectivity index (χ0v) is 14.9. The molecule has 1 rings (SSSR count). The molecule has 1 aromatic carbocycles. The molecule has 1 atom stereocenters. The van der Waals surface area contributed by atoms with Gasteiger partial charge in [0.2, 0.25) is 10.0 Å². The largest absolute Gasteiger partial charge is 0.454 e. The molecule has 0 radical (unpaired) electrons. The average molecular weight is 396 g/mol. The molecule has 0 saturated carbocycles. The summed E-state index contributed by atoms with van der Waals surface area (Å²) >= 11 is 0. The number of halogens is 3. The molecule has 1 amide bonds. The van der Waals surface area contributed by atoms with Gasteiger partial charge in [-0.05, 0) is 18.1 Å². The van der Waals surface area contributed by atoms with Crippen LogP contribution < -0.4 is 10.0 Å². The number of esters is 1. The summed E-state index contributed by atoms with van der Waals surface area (Å²) in [6.07, 6.45) is -4.59. The van der Waals surface area contributed by atoms with Crippen LogP contribution >= 0.6 is 0 Å². The molecular formula is C15H19F3N2O5S. The van der Waals surface area contributed by atoms with Crippen LogP contribution in [0.15, 0.2) is 35.2 Å². The van der Waals surface area contributed by atoms with E-state index in [9.17, 15) is 31.2 Å². The highest BCUT2D eigenvalue weighted by atomic mass is 32.2. The van der Waals surface area contributed by atoms with E-state index in [1.807, 2.05) is 0 Å². The molecule has 0 fully saturated rings. The van der Waals surface area contributed by atoms with Gasteiger partial charge < -0.3 is 10.1 Å². The second-order valence-corrected chi connectivity index (χ2v) is 7.37. The first kappa shape index (κ1) is 21.9. The van der Waals surface area contributed by atoms with Crippen LogP contribution in [-0.4, -0.2) is 45.7 Å². The Morgan fingerprint density at radius 1 is 1.15 bits per heavy atom. The van der Waals surface area contributed by atoms with Crippen molar-refractivity contribution in [2.75, 3.05) is 13.2 Å². The van der Waals surface area contributed by atoms with Gasteiger partial charge in [0.05, 0.1) is 4.90 Å². The van der Waals surface area contributed by atoms with E-state index in [0.717, 1.165) is 0 Å². The fourth-order valence-electron chi connectivity index (χ4n) is 1.77. The SMILES string of the molecule is CC(C)[C@H](NS(=O)(=O)c1ccccc1)C(=O)OCC(=O)NCC(F)(F)F. The van der Waals surface area contributed by atoms with Crippen molar-refractivity contribution in [2.24, 2.45) is 5.92 Å². The highest BCUT2D eigenvalue weighted by molar-refractivity contribution is 7.89. The van der Waals surface area contributed by atoms with Crippen molar-refractivity contribution in [2.45, 2.75) is 31.0 Å². The molecule has 0 aromatic heterocycles. The molecule has 0 heterocycles. The van der Waals surface area contributed by atoms with Crippen LogP contribution in [0, 0.1) is 5.92 Å². The van der Waals surface area contributed by atoms with Gasteiger partial charge in [0.15, 0.2) is 6.61 Å². The lowest BCUT2D eigenvalue weighted by atomic mass is 10.1. The number of nitrogens with one attached hydrogen (secondary N) is 2. The van der Waals surface area contributed by atoms with E-state index in [2.05, 4.69) is 9.46 Å². The first-order chi connectivity index (χ1) is 11.9. The Labute approximate surface area is 149 Å². The van der Waals surface area contributed by atoms with Crippen LogP contribution in [0.1, 0.15) is 13.8 Å². The Hall–Kier alpha value is -2.14. The van der Waals surface area contributed by atoms with Gasteiger partial charge in [-0.1, -0.05) is 32.0 Å². The van der Waals surface area contributed by atoms with Gasteiger partial charge >= 0.3 is 12.1 Å². The summed E-state index contributed by atoms with van der Waals surface area (Å²) in [5, 5.41) is 1.54. The van der Waals surface area contributed by atoms with Gasteiger partial charge in [0.25, 0.3) is 5.91 Å². The molecule has 0 unspecified atom stereocenters. The number of alkyl halides is 3. The molecule has 7 nitrogen and oxygen atoms in total. The van der Waals surface area contributed by atoms with Gasteiger partial charge in [-0.2, -0.15) is 17.9 Å². The van der Waals surface area contributed by atoms with Crippen LogP contribution in [-0.2, 0) is 24.3 Å². The minimum absolute atomic E-state index is 0.0682. The number of ether oxygens (including phenoxy) is 1. The number of carbonyl (C=O) groups excluding carboxylic acids is 2. The number of amides is 1. The molecular weight excluding hydrogens is 377 g/mol. The molecule has 0 bridgehead atoms. The maximum Gasteiger partial charge on any atom is 0.405 e. The third-order valence-corrected chi connectivity index (χ3v) is 4.54. The molecule has 0 aliphatic rings. The Kier molecular flexibility index (Phi) is 7.57. The van der Waals surface area contributed by atoms with Crippen LogP contribution in [0.3, 0.4) is 0 Å². The van der Waals surface area contributed by atoms with Crippen molar-refractivity contribution in [3.8, 4) is 0 Å². The smallest absolute Gasteiger partial charge is 0.405 e. The molecule has 0 aliphatic carbocycles. The summed E-state index contributed by atoms with van der Waals surface area (Å²) in [6, 6.07) is 5.97. The highest BCUT2D eigenvalue weighted by Gasteiger charge is 2.31. The number of rotatable bonds is 8. The lowest BCUT2D eigenvalue weighted by molar-refractivity contribution is -0.153. The Morgan fingerprint density at radius 2 is 1.73 bits per heavy atom. The lowest BCUT2D eigenvalue weighted by Gasteiger charge is -2.20. The molecule has 0 saturated heterocycles. The quantitative estimate of drug-likeness (QED) is 0.644. The van der Waals surface area contributed by atoms with Crippen LogP contribution in [0.25, 0.3) is 0 Å². The van der Waals surface area contributed by atoms with E-state index < -0.39 is 53.2 Å². The van der Waals surface area contributed by atoms with Gasteiger partial charge in [0, 0.05) is 0 Å². The molecule has 2 N–H and O–H groups in total. The van der Waals surface area contributed by atoms with E-state index in [1.165, 1.54) is 24.3 Å². The van der Waals surface area contributed by atoms with Gasteiger partial charge in [-0.25, -0.2) is 8.42 Å². The molecule has 0 aliphatic heterocycles. The second-order valence-electron chi connectivity index (χ2n) is 5.66. The minimum atomic E-state index is -4.59. The number of carbonyl (C=O) groups is 2. The molecule has 11 heteroatoms. The zero-order valence-electron chi connectivity index (χ0n) is 14.0. The van der Waals surface area contributed by atoms with Crippen LogP contribution in [0.5, 0.6) is 0 Å². The van der Waals surface area contributed by atoms with E-state index in [1.54, 1.807) is 25.2 Å². The highest BCUT2D eigenvalue weighted by Crippen LogP contribution is 2.13. The summed E-state index contributed by atoms with van der Waals surface area (Å²) in [7, 11) is -4.02. The summed E-state index contributed by atoms with van der Waals surface area (Å²) in [4.78, 5) is 23.2. The second kappa shape index (κ2) is 8.99. The maximum atomic E-state index is 12.3. The summed E-state index contributed by atoms with van der Waals surface area (Å²) in [5.41, 5.74) is 0. The van der Waals surface area contributed by atoms with E-state index in [-0.39, 0.29) is 4.90 Å². The Balaban J connectivity index is 2.69. The van der Waals surface area contributed by atoms with Crippen molar-refractivity contribution >= 4 is 21.9 Å². The molecule has 146 valence electrons. The minimum Gasteiger partial charge on any atom is -0.454 e. The van der Waals surface area contributed by atoms with E-state index in [0.29, 0.717) is 0 Å². The number of hydrogen-bond acceptors (Lipinski definition) is 5. The van der Waals surface area contributed by atoms with Crippen molar-refractivity contribution in [1.82, 2.24) is 10.0 Å². The maximum absolute atomic E-state index is 12.3. The monoisotopic (exact) mass is 396 g/mol. The van der Waals surface area contributed by atoms with Crippen molar-refractivity contribution in [3.05, 3.63) is 30.3 Å². The lowest BCUT2D eigenvalue weighted by Crippen LogP contribution is -2.46. The number of sulfonamides is 1. The van der Waals surface area contributed by atoms with Crippen molar-refractivity contribution in [1.29, 1.82) is 0 Å². The fourth-order valence-corrected chi connectivity index (χ4v) is 3.12. The van der Waals surface area contributed by atoms with Crippen LogP contribution in [0.2, 0.25) is 0 Å². The van der Waals surface area contributed by atoms with E-state index in [4.69, 9.17) is 0 Å². The molecule has 0 spiro atoms. The van der Waals surface area contributed by atoms with Crippen molar-refractivity contribution < 1.29 is 35.9 Å². The summed E-state index contributed by atoms with van der Waals surface area (Å²) in [6.45, 7) is 0.579. The molecule has 26 heavy (non-hydrogen) atoms. The first-order valence-electron chi connectivity index (χ1n) is 7.50. The predicted molar refractivity (Wildman–Crippen MR) is 85.4 cm³/mol. The Morgan fingerprint density at radius 3 is 2.23 bits per heavy atom. The summed E-state index contributed by atoms with van der Waals surface area (Å²) < 4.78 is 67.4. The number of benzene rings is 1. The van der Waals surface area contributed by atoms with Crippen molar-refractivity contribution in [3.63, 3.8) is 0 Å². The van der Waals surface area contributed by atoms with Gasteiger partial charge in [0.1, 0.15) is 12.6 Å². The Bertz CT molecular complexity index is 721. The topological polar surface area (TPSA) is 102 Å². The van der Waals surface area contributed by atoms with Crippen LogP contribution in [0.4, 0.5) is 13.2 Å². The van der Waals surface area contributed by atoms with E-state index >= 15 is 0 Å².